The molecule has 0 fully saturated rings. The zero-order valence-electron chi connectivity index (χ0n) is 10.4. The van der Waals surface area contributed by atoms with E-state index < -0.39 is 6.10 Å². The molecule has 2 atom stereocenters. The molecular formula is C11H21N3O2. The van der Waals surface area contributed by atoms with E-state index in [0.717, 1.165) is 11.3 Å². The number of aliphatic hydroxyl groups is 1. The number of hydrogen-bond donors (Lipinski definition) is 2. The van der Waals surface area contributed by atoms with Crippen molar-refractivity contribution in [3.63, 3.8) is 0 Å². The van der Waals surface area contributed by atoms with Gasteiger partial charge in [-0.15, -0.1) is 0 Å². The van der Waals surface area contributed by atoms with Crippen molar-refractivity contribution in [2.75, 3.05) is 20.3 Å². The fraction of sp³-hybridized carbons (Fsp3) is 0.727. The number of rotatable bonds is 6. The largest absolute Gasteiger partial charge is 0.389 e. The molecule has 5 heteroatoms. The Morgan fingerprint density at radius 1 is 1.62 bits per heavy atom. The summed E-state index contributed by atoms with van der Waals surface area (Å²) in [6.07, 6.45) is 1.53. The van der Waals surface area contributed by atoms with Crippen LogP contribution < -0.4 is 5.32 Å². The van der Waals surface area contributed by atoms with E-state index in [1.165, 1.54) is 0 Å². The standard InChI is InChI=1S/C11H21N3O2/c1-8(12-5-10(15)7-16-4)11-6-14(3)13-9(11)2/h6,8,10,12,15H,5,7H2,1-4H3. The number of aliphatic hydroxyl groups excluding tert-OH is 1. The zero-order valence-corrected chi connectivity index (χ0v) is 10.4. The van der Waals surface area contributed by atoms with Gasteiger partial charge in [0.1, 0.15) is 0 Å². The van der Waals surface area contributed by atoms with Gasteiger partial charge in [-0.25, -0.2) is 0 Å². The highest BCUT2D eigenvalue weighted by molar-refractivity contribution is 5.19. The lowest BCUT2D eigenvalue weighted by atomic mass is 10.1. The summed E-state index contributed by atoms with van der Waals surface area (Å²) in [5, 5.41) is 17.1. The first-order valence-electron chi connectivity index (χ1n) is 5.45. The molecule has 0 spiro atoms. The van der Waals surface area contributed by atoms with Gasteiger partial charge in [0.25, 0.3) is 0 Å². The maximum atomic E-state index is 9.51. The minimum absolute atomic E-state index is 0.181. The van der Waals surface area contributed by atoms with E-state index in [1.54, 1.807) is 11.8 Å². The monoisotopic (exact) mass is 227 g/mol. The first-order valence-corrected chi connectivity index (χ1v) is 5.45. The highest BCUT2D eigenvalue weighted by Crippen LogP contribution is 2.15. The second-order valence-electron chi connectivity index (χ2n) is 4.08. The molecule has 0 aromatic carbocycles. The summed E-state index contributed by atoms with van der Waals surface area (Å²) in [6.45, 7) is 4.91. The Labute approximate surface area is 96.4 Å². The normalized spacial score (nSPS) is 15.1. The van der Waals surface area contributed by atoms with Crippen molar-refractivity contribution in [2.45, 2.75) is 26.0 Å². The fourth-order valence-electron chi connectivity index (χ4n) is 1.72. The molecule has 16 heavy (non-hydrogen) atoms. The number of nitrogens with one attached hydrogen (secondary N) is 1. The molecule has 5 nitrogen and oxygen atoms in total. The lowest BCUT2D eigenvalue weighted by Gasteiger charge is -2.16. The molecule has 0 saturated carbocycles. The first-order chi connectivity index (χ1) is 7.54. The van der Waals surface area contributed by atoms with Gasteiger partial charge in [0, 0.05) is 38.5 Å². The van der Waals surface area contributed by atoms with Gasteiger partial charge in [0.15, 0.2) is 0 Å². The minimum Gasteiger partial charge on any atom is -0.389 e. The van der Waals surface area contributed by atoms with Gasteiger partial charge in [-0.05, 0) is 13.8 Å². The topological polar surface area (TPSA) is 59.3 Å². The molecule has 0 amide bonds. The van der Waals surface area contributed by atoms with Crippen molar-refractivity contribution in [2.24, 2.45) is 7.05 Å². The molecule has 2 N–H and O–H groups in total. The highest BCUT2D eigenvalue weighted by Gasteiger charge is 2.12. The molecule has 1 heterocycles. The second-order valence-corrected chi connectivity index (χ2v) is 4.08. The second kappa shape index (κ2) is 5.98. The summed E-state index contributed by atoms with van der Waals surface area (Å²) < 4.78 is 6.66. The third kappa shape index (κ3) is 3.59. The van der Waals surface area contributed by atoms with Crippen LogP contribution >= 0.6 is 0 Å². The average molecular weight is 227 g/mol. The van der Waals surface area contributed by atoms with Gasteiger partial charge in [-0.3, -0.25) is 4.68 Å². The fourth-order valence-corrected chi connectivity index (χ4v) is 1.72. The van der Waals surface area contributed by atoms with E-state index in [0.29, 0.717) is 13.2 Å². The molecule has 92 valence electrons. The molecular weight excluding hydrogens is 206 g/mol. The van der Waals surface area contributed by atoms with Crippen LogP contribution in [0.4, 0.5) is 0 Å². The van der Waals surface area contributed by atoms with E-state index in [4.69, 9.17) is 4.74 Å². The Balaban J connectivity index is 2.46. The van der Waals surface area contributed by atoms with Gasteiger partial charge >= 0.3 is 0 Å². The maximum Gasteiger partial charge on any atom is 0.0897 e. The zero-order chi connectivity index (χ0) is 12.1. The predicted octanol–water partition coefficient (Wildman–Crippen LogP) is 0.386. The van der Waals surface area contributed by atoms with Crippen LogP contribution in [0.5, 0.6) is 0 Å². The first kappa shape index (κ1) is 13.2. The van der Waals surface area contributed by atoms with Crippen molar-refractivity contribution in [1.82, 2.24) is 15.1 Å². The summed E-state index contributed by atoms with van der Waals surface area (Å²) in [4.78, 5) is 0. The van der Waals surface area contributed by atoms with Gasteiger partial charge in [0.05, 0.1) is 18.4 Å². The number of hydrogen-bond acceptors (Lipinski definition) is 4. The van der Waals surface area contributed by atoms with Gasteiger partial charge < -0.3 is 15.2 Å². The third-order valence-corrected chi connectivity index (χ3v) is 2.54. The van der Waals surface area contributed by atoms with Crippen molar-refractivity contribution < 1.29 is 9.84 Å². The van der Waals surface area contributed by atoms with Crippen LogP contribution in [0.15, 0.2) is 6.20 Å². The molecule has 0 aliphatic carbocycles. The number of aromatic nitrogens is 2. The Bertz CT molecular complexity index is 325. The van der Waals surface area contributed by atoms with E-state index in [9.17, 15) is 5.11 Å². The number of methoxy groups -OCH3 is 1. The lowest BCUT2D eigenvalue weighted by molar-refractivity contribution is 0.0630. The smallest absolute Gasteiger partial charge is 0.0897 e. The van der Waals surface area contributed by atoms with Gasteiger partial charge in [-0.1, -0.05) is 0 Å². The van der Waals surface area contributed by atoms with Crippen LogP contribution in [0.1, 0.15) is 24.2 Å². The summed E-state index contributed by atoms with van der Waals surface area (Å²) in [7, 11) is 3.49. The van der Waals surface area contributed by atoms with Gasteiger partial charge in [0.2, 0.25) is 0 Å². The van der Waals surface area contributed by atoms with Crippen LogP contribution in [-0.2, 0) is 11.8 Å². The molecule has 1 aromatic heterocycles. The van der Waals surface area contributed by atoms with Crippen LogP contribution in [-0.4, -0.2) is 41.3 Å². The van der Waals surface area contributed by atoms with E-state index in [1.807, 2.05) is 20.2 Å². The Morgan fingerprint density at radius 2 is 2.31 bits per heavy atom. The SMILES string of the molecule is COCC(O)CNC(C)c1cn(C)nc1C. The number of aryl methyl sites for hydroxylation is 2. The van der Waals surface area contributed by atoms with Crippen molar-refractivity contribution >= 4 is 0 Å². The molecule has 0 radical (unpaired) electrons. The van der Waals surface area contributed by atoms with Crippen LogP contribution in [0, 0.1) is 6.92 Å². The quantitative estimate of drug-likeness (QED) is 0.738. The molecule has 1 aromatic rings. The molecule has 0 aliphatic rings. The Morgan fingerprint density at radius 3 is 2.81 bits per heavy atom. The molecule has 0 bridgehead atoms. The number of nitrogens with zero attached hydrogens (tertiary/aromatic N) is 2. The molecule has 1 rings (SSSR count). The molecule has 2 unspecified atom stereocenters. The third-order valence-electron chi connectivity index (χ3n) is 2.54. The summed E-state index contributed by atoms with van der Waals surface area (Å²) >= 11 is 0. The summed E-state index contributed by atoms with van der Waals surface area (Å²) in [5.41, 5.74) is 2.18. The van der Waals surface area contributed by atoms with Crippen molar-refractivity contribution in [1.29, 1.82) is 0 Å². The van der Waals surface area contributed by atoms with Crippen molar-refractivity contribution in [3.05, 3.63) is 17.5 Å². The number of ether oxygens (including phenoxy) is 1. The molecule has 0 aliphatic heterocycles. The Kier molecular flexibility index (Phi) is 4.92. The van der Waals surface area contributed by atoms with Crippen LogP contribution in [0.2, 0.25) is 0 Å². The summed E-state index contributed by atoms with van der Waals surface area (Å²) in [5.74, 6) is 0. The molecule has 0 saturated heterocycles. The van der Waals surface area contributed by atoms with E-state index in [-0.39, 0.29) is 6.04 Å². The Hall–Kier alpha value is -0.910. The van der Waals surface area contributed by atoms with E-state index >= 15 is 0 Å². The summed E-state index contributed by atoms with van der Waals surface area (Å²) in [6, 6.07) is 0.181. The van der Waals surface area contributed by atoms with E-state index in [2.05, 4.69) is 17.3 Å². The van der Waals surface area contributed by atoms with Gasteiger partial charge in [-0.2, -0.15) is 5.10 Å². The van der Waals surface area contributed by atoms with Crippen LogP contribution in [0.25, 0.3) is 0 Å². The van der Waals surface area contributed by atoms with Crippen molar-refractivity contribution in [3.8, 4) is 0 Å². The highest BCUT2D eigenvalue weighted by atomic mass is 16.5. The lowest BCUT2D eigenvalue weighted by Crippen LogP contribution is -2.31. The van der Waals surface area contributed by atoms with Crippen LogP contribution in [0.3, 0.4) is 0 Å². The maximum absolute atomic E-state index is 9.51. The average Bonchev–Trinajstić information content (AvgIpc) is 2.55. The minimum atomic E-state index is -0.468. The predicted molar refractivity (Wildman–Crippen MR) is 62.2 cm³/mol.